The predicted molar refractivity (Wildman–Crippen MR) is 75.8 cm³/mol. The van der Waals surface area contributed by atoms with Crippen molar-refractivity contribution in [2.75, 3.05) is 24.9 Å². The normalized spacial score (nSPS) is 11.3. The van der Waals surface area contributed by atoms with E-state index >= 15 is 0 Å². The molecule has 0 unspecified atom stereocenters. The molecule has 0 saturated heterocycles. The minimum absolute atomic E-state index is 0.115. The lowest BCUT2D eigenvalue weighted by Crippen LogP contribution is -2.05. The molecule has 0 saturated carbocycles. The third-order valence-corrected chi connectivity index (χ3v) is 4.60. The molecule has 0 spiro atoms. The number of benzene rings is 1. The Bertz CT molecular complexity index is 551. The van der Waals surface area contributed by atoms with Gasteiger partial charge >= 0.3 is 5.97 Å². The van der Waals surface area contributed by atoms with Crippen LogP contribution < -0.4 is 4.74 Å². The number of rotatable bonds is 7. The molecule has 0 atom stereocenters. The molecule has 1 aromatic rings. The number of carboxylic acids is 1. The second kappa shape index (κ2) is 6.81. The first-order valence-corrected chi connectivity index (χ1v) is 8.70. The second-order valence-corrected chi connectivity index (χ2v) is 7.39. The number of ether oxygens (including phenoxy) is 1. The molecule has 5 nitrogen and oxygen atoms in total. The van der Waals surface area contributed by atoms with Crippen LogP contribution in [0.3, 0.4) is 0 Å². The average Bonchev–Trinajstić information content (AvgIpc) is 2.33. The molecule has 0 aliphatic rings. The Hall–Kier alpha value is -1.21. The fraction of sp³-hybridized carbons (Fsp3) is 0.417. The quantitative estimate of drug-likeness (QED) is 0.772. The molecule has 1 N–H and O–H groups in total. The molecule has 0 radical (unpaired) electrons. The van der Waals surface area contributed by atoms with Crippen molar-refractivity contribution in [1.29, 1.82) is 0 Å². The highest BCUT2D eigenvalue weighted by atomic mass is 32.2. The molecule has 1 aromatic carbocycles. The van der Waals surface area contributed by atoms with Crippen LogP contribution >= 0.6 is 11.8 Å². The van der Waals surface area contributed by atoms with Crippen LogP contribution in [0.15, 0.2) is 18.2 Å². The highest BCUT2D eigenvalue weighted by molar-refractivity contribution is 7.99. The molecular weight excluding hydrogens is 288 g/mol. The molecule has 19 heavy (non-hydrogen) atoms. The van der Waals surface area contributed by atoms with Gasteiger partial charge in [0, 0.05) is 17.8 Å². The lowest BCUT2D eigenvalue weighted by Gasteiger charge is -2.07. The summed E-state index contributed by atoms with van der Waals surface area (Å²) in [7, 11) is -1.53. The summed E-state index contributed by atoms with van der Waals surface area (Å²) in [5, 5.41) is 9.03. The van der Waals surface area contributed by atoms with Crippen LogP contribution in [0.4, 0.5) is 0 Å². The standard InChI is InChI=1S/C12H16O5S2/c1-17-11-4-3-9(7-10(11)12(13)14)8-18-5-6-19(2,15)16/h3-4,7H,5-6,8H2,1-2H3,(H,13,14). The fourth-order valence-electron chi connectivity index (χ4n) is 1.41. The number of sulfone groups is 1. The van der Waals surface area contributed by atoms with Crippen molar-refractivity contribution < 1.29 is 23.1 Å². The Kier molecular flexibility index (Phi) is 5.68. The maximum atomic E-state index is 11.0. The van der Waals surface area contributed by atoms with Crippen molar-refractivity contribution in [3.63, 3.8) is 0 Å². The predicted octanol–water partition coefficient (Wildman–Crippen LogP) is 1.67. The van der Waals surface area contributed by atoms with E-state index in [1.807, 2.05) is 0 Å². The smallest absolute Gasteiger partial charge is 0.339 e. The van der Waals surface area contributed by atoms with Crippen molar-refractivity contribution >= 4 is 27.6 Å². The minimum atomic E-state index is -2.95. The topological polar surface area (TPSA) is 80.7 Å². The van der Waals surface area contributed by atoms with E-state index in [0.717, 1.165) is 5.56 Å². The summed E-state index contributed by atoms with van der Waals surface area (Å²) in [5.41, 5.74) is 0.945. The van der Waals surface area contributed by atoms with Crippen LogP contribution in [0.2, 0.25) is 0 Å². The zero-order valence-electron chi connectivity index (χ0n) is 10.8. The average molecular weight is 304 g/mol. The Morgan fingerprint density at radius 2 is 2.11 bits per heavy atom. The number of methoxy groups -OCH3 is 1. The van der Waals surface area contributed by atoms with Crippen LogP contribution in [0.1, 0.15) is 15.9 Å². The number of hydrogen-bond acceptors (Lipinski definition) is 5. The zero-order valence-corrected chi connectivity index (χ0v) is 12.4. The van der Waals surface area contributed by atoms with E-state index < -0.39 is 15.8 Å². The maximum absolute atomic E-state index is 11.0. The third-order valence-electron chi connectivity index (χ3n) is 2.36. The van der Waals surface area contributed by atoms with E-state index in [4.69, 9.17) is 9.84 Å². The molecule has 7 heteroatoms. The van der Waals surface area contributed by atoms with Gasteiger partial charge in [-0.15, -0.1) is 0 Å². The van der Waals surface area contributed by atoms with Gasteiger partial charge in [-0.3, -0.25) is 0 Å². The van der Waals surface area contributed by atoms with Crippen molar-refractivity contribution in [2.24, 2.45) is 0 Å². The van der Waals surface area contributed by atoms with Crippen LogP contribution in [0.25, 0.3) is 0 Å². The minimum Gasteiger partial charge on any atom is -0.496 e. The summed E-state index contributed by atoms with van der Waals surface area (Å²) < 4.78 is 26.9. The van der Waals surface area contributed by atoms with Crippen LogP contribution in [0.5, 0.6) is 5.75 Å². The number of thioether (sulfide) groups is 1. The first kappa shape index (κ1) is 15.8. The van der Waals surface area contributed by atoms with Gasteiger partial charge in [0.2, 0.25) is 0 Å². The van der Waals surface area contributed by atoms with E-state index in [1.54, 1.807) is 18.2 Å². The summed E-state index contributed by atoms with van der Waals surface area (Å²) in [4.78, 5) is 11.0. The molecular formula is C12H16O5S2. The summed E-state index contributed by atoms with van der Waals surface area (Å²) in [5.74, 6) is 0.462. The van der Waals surface area contributed by atoms with Crippen LogP contribution in [-0.4, -0.2) is 44.4 Å². The van der Waals surface area contributed by atoms with Gasteiger partial charge in [-0.25, -0.2) is 13.2 Å². The van der Waals surface area contributed by atoms with E-state index in [2.05, 4.69) is 0 Å². The van der Waals surface area contributed by atoms with Gasteiger partial charge in [-0.05, 0) is 17.7 Å². The molecule has 1 rings (SSSR count). The van der Waals surface area contributed by atoms with E-state index in [-0.39, 0.29) is 11.3 Å². The second-order valence-electron chi connectivity index (χ2n) is 4.02. The van der Waals surface area contributed by atoms with Crippen molar-refractivity contribution in [2.45, 2.75) is 5.75 Å². The zero-order chi connectivity index (χ0) is 14.5. The first-order chi connectivity index (χ1) is 8.83. The molecule has 0 aromatic heterocycles. The highest BCUT2D eigenvalue weighted by Gasteiger charge is 2.11. The molecule has 0 fully saturated rings. The number of aromatic carboxylic acids is 1. The molecule has 106 valence electrons. The van der Waals surface area contributed by atoms with Crippen LogP contribution in [0, 0.1) is 0 Å². The number of carboxylic acid groups (broad SMARTS) is 1. The Labute approximate surface area is 116 Å². The first-order valence-electron chi connectivity index (χ1n) is 5.49. The van der Waals surface area contributed by atoms with E-state index in [1.165, 1.54) is 25.1 Å². The van der Waals surface area contributed by atoms with Gasteiger partial charge in [-0.2, -0.15) is 11.8 Å². The maximum Gasteiger partial charge on any atom is 0.339 e. The summed E-state index contributed by atoms with van der Waals surface area (Å²) >= 11 is 1.45. The molecule has 0 aliphatic heterocycles. The van der Waals surface area contributed by atoms with Crippen molar-refractivity contribution in [1.82, 2.24) is 0 Å². The van der Waals surface area contributed by atoms with E-state index in [9.17, 15) is 13.2 Å². The SMILES string of the molecule is COc1ccc(CSCCS(C)(=O)=O)cc1C(=O)O. The lowest BCUT2D eigenvalue weighted by molar-refractivity contribution is 0.0693. The van der Waals surface area contributed by atoms with E-state index in [0.29, 0.717) is 17.3 Å². The lowest BCUT2D eigenvalue weighted by atomic mass is 10.1. The highest BCUT2D eigenvalue weighted by Crippen LogP contribution is 2.22. The van der Waals surface area contributed by atoms with Gasteiger partial charge in [0.15, 0.2) is 0 Å². The van der Waals surface area contributed by atoms with Crippen LogP contribution in [-0.2, 0) is 15.6 Å². The van der Waals surface area contributed by atoms with Gasteiger partial charge in [0.1, 0.15) is 21.2 Å². The van der Waals surface area contributed by atoms with Gasteiger partial charge < -0.3 is 9.84 Å². The Morgan fingerprint density at radius 3 is 2.63 bits per heavy atom. The van der Waals surface area contributed by atoms with Gasteiger partial charge in [0.05, 0.1) is 12.9 Å². The monoisotopic (exact) mass is 304 g/mol. The molecule has 0 aliphatic carbocycles. The Balaban J connectivity index is 2.65. The molecule has 0 amide bonds. The Morgan fingerprint density at radius 1 is 1.42 bits per heavy atom. The van der Waals surface area contributed by atoms with Crippen molar-refractivity contribution in [3.05, 3.63) is 29.3 Å². The third kappa shape index (κ3) is 5.52. The van der Waals surface area contributed by atoms with Crippen molar-refractivity contribution in [3.8, 4) is 5.75 Å². The fourth-order valence-corrected chi connectivity index (χ4v) is 3.65. The number of hydrogen-bond donors (Lipinski definition) is 1. The van der Waals surface area contributed by atoms with Gasteiger partial charge in [0.25, 0.3) is 0 Å². The molecule has 0 heterocycles. The number of carbonyl (C=O) groups is 1. The van der Waals surface area contributed by atoms with Gasteiger partial charge in [-0.1, -0.05) is 6.07 Å². The summed E-state index contributed by atoms with van der Waals surface area (Å²) in [6.45, 7) is 0. The largest absolute Gasteiger partial charge is 0.496 e. The molecule has 0 bridgehead atoms. The summed E-state index contributed by atoms with van der Waals surface area (Å²) in [6.07, 6.45) is 1.20. The summed E-state index contributed by atoms with van der Waals surface area (Å²) in [6, 6.07) is 4.93.